The van der Waals surface area contributed by atoms with E-state index in [-0.39, 0.29) is 6.42 Å². The van der Waals surface area contributed by atoms with Gasteiger partial charge in [-0.25, -0.2) is 13.8 Å². The molecule has 1 unspecified atom stereocenters. The summed E-state index contributed by atoms with van der Waals surface area (Å²) in [4.78, 5) is 3.81. The molecule has 0 aliphatic carbocycles. The zero-order valence-corrected chi connectivity index (χ0v) is 15.1. The highest BCUT2D eigenvalue weighted by Crippen LogP contribution is 2.31. The molecule has 0 aliphatic rings. The molecule has 0 saturated heterocycles. The molecular formula is C19H27F2N3. The lowest BCUT2D eigenvalue weighted by molar-refractivity contribution is 0.0360. The Kier molecular flexibility index (Phi) is 7.62. The van der Waals surface area contributed by atoms with Gasteiger partial charge in [0, 0.05) is 31.6 Å². The Morgan fingerprint density at radius 1 is 1.29 bits per heavy atom. The maximum Gasteiger partial charge on any atom is 0.221 e. The predicted molar refractivity (Wildman–Crippen MR) is 96.1 cm³/mol. The van der Waals surface area contributed by atoms with Gasteiger partial charge in [-0.3, -0.25) is 0 Å². The molecule has 0 aliphatic heterocycles. The molecule has 0 saturated carbocycles. The fourth-order valence-corrected chi connectivity index (χ4v) is 2.54. The molecule has 0 fully saturated rings. The van der Waals surface area contributed by atoms with E-state index in [0.717, 1.165) is 16.7 Å². The zero-order valence-electron chi connectivity index (χ0n) is 15.1. The second-order valence-corrected chi connectivity index (χ2v) is 5.37. The highest BCUT2D eigenvalue weighted by molar-refractivity contribution is 5.69. The SMILES string of the molecule is CC.CN/C(CC(F)(CF)n1ccnc1)=C(/C)c1ccccc1C. The number of halogens is 2. The lowest BCUT2D eigenvalue weighted by Crippen LogP contribution is -2.32. The monoisotopic (exact) mass is 335 g/mol. The third kappa shape index (κ3) is 4.43. The fraction of sp³-hybridized carbons (Fsp3) is 0.421. The number of imidazole rings is 1. The van der Waals surface area contributed by atoms with Crippen LogP contribution in [0.15, 0.2) is 48.7 Å². The summed E-state index contributed by atoms with van der Waals surface area (Å²) in [6, 6.07) is 7.87. The van der Waals surface area contributed by atoms with E-state index in [4.69, 9.17) is 0 Å². The molecule has 2 rings (SSSR count). The Morgan fingerprint density at radius 3 is 2.46 bits per heavy atom. The summed E-state index contributed by atoms with van der Waals surface area (Å²) in [5.74, 6) is -2.14. The quantitative estimate of drug-likeness (QED) is 0.818. The summed E-state index contributed by atoms with van der Waals surface area (Å²) in [5, 5.41) is 3.02. The van der Waals surface area contributed by atoms with Crippen LogP contribution in [0.1, 0.15) is 38.3 Å². The summed E-state index contributed by atoms with van der Waals surface area (Å²) in [6.45, 7) is 6.80. The number of nitrogens with one attached hydrogen (secondary N) is 1. The molecule has 0 amide bonds. The second kappa shape index (κ2) is 9.21. The van der Waals surface area contributed by atoms with Gasteiger partial charge in [0.15, 0.2) is 0 Å². The van der Waals surface area contributed by atoms with Crippen LogP contribution in [-0.4, -0.2) is 23.3 Å². The number of hydrogen-bond donors (Lipinski definition) is 1. The van der Waals surface area contributed by atoms with E-state index in [0.29, 0.717) is 5.70 Å². The first-order valence-electron chi connectivity index (χ1n) is 8.18. The zero-order chi connectivity index (χ0) is 18.2. The number of alkyl halides is 2. The van der Waals surface area contributed by atoms with Crippen LogP contribution < -0.4 is 5.32 Å². The predicted octanol–water partition coefficient (Wildman–Crippen LogP) is 4.85. The average molecular weight is 335 g/mol. The van der Waals surface area contributed by atoms with Crippen molar-refractivity contribution in [1.82, 2.24) is 14.9 Å². The third-order valence-electron chi connectivity index (χ3n) is 3.92. The Hall–Kier alpha value is -2.17. The van der Waals surface area contributed by atoms with Gasteiger partial charge in [0.25, 0.3) is 0 Å². The van der Waals surface area contributed by atoms with Crippen LogP contribution in [0.2, 0.25) is 0 Å². The van der Waals surface area contributed by atoms with Gasteiger partial charge in [-0.15, -0.1) is 0 Å². The number of benzene rings is 1. The van der Waals surface area contributed by atoms with Gasteiger partial charge in [-0.2, -0.15) is 0 Å². The van der Waals surface area contributed by atoms with Crippen LogP contribution >= 0.6 is 0 Å². The van der Waals surface area contributed by atoms with Gasteiger partial charge in [-0.05, 0) is 30.5 Å². The van der Waals surface area contributed by atoms with E-state index in [2.05, 4.69) is 10.3 Å². The van der Waals surface area contributed by atoms with Gasteiger partial charge in [-0.1, -0.05) is 38.1 Å². The topological polar surface area (TPSA) is 29.9 Å². The van der Waals surface area contributed by atoms with E-state index < -0.39 is 12.5 Å². The van der Waals surface area contributed by atoms with Crippen LogP contribution in [0.5, 0.6) is 0 Å². The lowest BCUT2D eigenvalue weighted by atomic mass is 9.97. The van der Waals surface area contributed by atoms with Gasteiger partial charge >= 0.3 is 0 Å². The van der Waals surface area contributed by atoms with E-state index in [1.54, 1.807) is 7.05 Å². The number of aromatic nitrogens is 2. The third-order valence-corrected chi connectivity index (χ3v) is 3.92. The number of aryl methyl sites for hydroxylation is 1. The van der Waals surface area contributed by atoms with Crippen LogP contribution in [-0.2, 0) is 5.79 Å². The number of hydrogen-bond acceptors (Lipinski definition) is 2. The van der Waals surface area contributed by atoms with Crippen molar-refractivity contribution in [3.8, 4) is 0 Å². The standard InChI is InChI=1S/C17H21F2N3.C2H6/c1-13-6-4-5-7-15(13)14(2)16(20-3)10-17(19,11-18)22-9-8-21-12-22;1-2/h4-9,12,20H,10-11H2,1-3H3;1-2H3/b16-14-;. The fourth-order valence-electron chi connectivity index (χ4n) is 2.54. The Bertz CT molecular complexity index is 650. The minimum atomic E-state index is -2.14. The molecule has 1 N–H and O–H groups in total. The van der Waals surface area contributed by atoms with Crippen molar-refractivity contribution in [2.75, 3.05) is 13.7 Å². The summed E-state index contributed by atoms with van der Waals surface area (Å²) >= 11 is 0. The van der Waals surface area contributed by atoms with Crippen LogP contribution in [0, 0.1) is 6.92 Å². The summed E-state index contributed by atoms with van der Waals surface area (Å²) < 4.78 is 29.5. The molecule has 5 heteroatoms. The van der Waals surface area contributed by atoms with Crippen molar-refractivity contribution >= 4 is 5.57 Å². The van der Waals surface area contributed by atoms with Gasteiger partial charge in [0.05, 0.1) is 6.33 Å². The summed E-state index contributed by atoms with van der Waals surface area (Å²) in [5.41, 5.74) is 3.71. The normalized spacial score (nSPS) is 14.1. The molecule has 2 aromatic rings. The maximum absolute atomic E-state index is 15.0. The highest BCUT2D eigenvalue weighted by atomic mass is 19.2. The first-order chi connectivity index (χ1) is 11.5. The highest BCUT2D eigenvalue weighted by Gasteiger charge is 2.33. The first kappa shape index (κ1) is 19.9. The van der Waals surface area contributed by atoms with Gasteiger partial charge < -0.3 is 9.88 Å². The second-order valence-electron chi connectivity index (χ2n) is 5.37. The minimum Gasteiger partial charge on any atom is -0.391 e. The summed E-state index contributed by atoms with van der Waals surface area (Å²) in [6.07, 6.45) is 4.10. The van der Waals surface area contributed by atoms with E-state index >= 15 is 0 Å². The Balaban J connectivity index is 0.00000139. The molecule has 0 bridgehead atoms. The molecule has 132 valence electrons. The van der Waals surface area contributed by atoms with Crippen molar-refractivity contribution in [3.63, 3.8) is 0 Å². The largest absolute Gasteiger partial charge is 0.391 e. The number of nitrogens with zero attached hydrogens (tertiary/aromatic N) is 2. The van der Waals surface area contributed by atoms with Crippen molar-refractivity contribution in [2.45, 2.75) is 39.9 Å². The van der Waals surface area contributed by atoms with Crippen molar-refractivity contribution in [3.05, 3.63) is 59.8 Å². The van der Waals surface area contributed by atoms with Crippen LogP contribution in [0.3, 0.4) is 0 Å². The van der Waals surface area contributed by atoms with E-state index in [1.807, 2.05) is 52.0 Å². The van der Waals surface area contributed by atoms with E-state index in [1.165, 1.54) is 23.3 Å². The Labute approximate surface area is 143 Å². The first-order valence-corrected chi connectivity index (χ1v) is 8.18. The van der Waals surface area contributed by atoms with Crippen molar-refractivity contribution in [1.29, 1.82) is 0 Å². The number of allylic oxidation sites excluding steroid dienone is 2. The molecule has 1 heterocycles. The summed E-state index contributed by atoms with van der Waals surface area (Å²) in [7, 11) is 1.73. The smallest absolute Gasteiger partial charge is 0.221 e. The van der Waals surface area contributed by atoms with Gasteiger partial charge in [0.1, 0.15) is 6.67 Å². The molecule has 1 atom stereocenters. The average Bonchev–Trinajstić information content (AvgIpc) is 3.16. The molecule has 1 aromatic heterocycles. The number of rotatable bonds is 6. The molecular weight excluding hydrogens is 308 g/mol. The van der Waals surface area contributed by atoms with Crippen LogP contribution in [0.25, 0.3) is 5.57 Å². The molecule has 0 radical (unpaired) electrons. The Morgan fingerprint density at radius 2 is 1.96 bits per heavy atom. The molecule has 24 heavy (non-hydrogen) atoms. The van der Waals surface area contributed by atoms with Crippen LogP contribution in [0.4, 0.5) is 8.78 Å². The van der Waals surface area contributed by atoms with E-state index in [9.17, 15) is 8.78 Å². The maximum atomic E-state index is 15.0. The van der Waals surface area contributed by atoms with Crippen molar-refractivity contribution in [2.24, 2.45) is 0 Å². The molecule has 1 aromatic carbocycles. The van der Waals surface area contributed by atoms with Gasteiger partial charge in [0.2, 0.25) is 5.79 Å². The molecule has 0 spiro atoms. The molecule has 3 nitrogen and oxygen atoms in total. The lowest BCUT2D eigenvalue weighted by Gasteiger charge is -2.26. The van der Waals surface area contributed by atoms with Crippen molar-refractivity contribution < 1.29 is 8.78 Å². The minimum absolute atomic E-state index is 0.0868.